The zero-order chi connectivity index (χ0) is 13.9. The van der Waals surface area contributed by atoms with Gasteiger partial charge in [0.1, 0.15) is 0 Å². The molecule has 0 heterocycles. The van der Waals surface area contributed by atoms with Crippen LogP contribution in [0.5, 0.6) is 0 Å². The van der Waals surface area contributed by atoms with Gasteiger partial charge in [-0.15, -0.1) is 0 Å². The Morgan fingerprint density at radius 3 is 2.22 bits per heavy atom. The van der Waals surface area contributed by atoms with Gasteiger partial charge in [0.2, 0.25) is 0 Å². The van der Waals surface area contributed by atoms with E-state index < -0.39 is 0 Å². The molecule has 0 aliphatic heterocycles. The first-order valence-corrected chi connectivity index (χ1v) is 6.70. The van der Waals surface area contributed by atoms with E-state index in [0.29, 0.717) is 6.04 Å². The van der Waals surface area contributed by atoms with Gasteiger partial charge < -0.3 is 10.2 Å². The van der Waals surface area contributed by atoms with Crippen LogP contribution >= 0.6 is 0 Å². The van der Waals surface area contributed by atoms with Crippen molar-refractivity contribution < 1.29 is 0 Å². The number of hydrogen-bond donors (Lipinski definition) is 1. The first-order valence-electron chi connectivity index (χ1n) is 6.70. The van der Waals surface area contributed by atoms with Crippen LogP contribution in [0.25, 0.3) is 0 Å². The molecule has 0 fully saturated rings. The average molecular weight is 248 g/mol. The molecule has 1 rings (SSSR count). The molecule has 2 heteroatoms. The zero-order valence-electron chi connectivity index (χ0n) is 13.0. The fraction of sp³-hybridized carbons (Fsp3) is 0.625. The second kappa shape index (κ2) is 5.85. The van der Waals surface area contributed by atoms with E-state index in [-0.39, 0.29) is 5.54 Å². The number of rotatable bonds is 5. The number of likely N-dealkylation sites (N-methyl/N-ethyl adjacent to an activating group) is 2. The maximum Gasteiger partial charge on any atom is 0.0303 e. The maximum absolute atomic E-state index is 3.46. The highest BCUT2D eigenvalue weighted by Gasteiger charge is 2.30. The Morgan fingerprint density at radius 1 is 1.17 bits per heavy atom. The van der Waals surface area contributed by atoms with Gasteiger partial charge in [0.15, 0.2) is 0 Å². The molecule has 0 radical (unpaired) electrons. The molecule has 0 aliphatic carbocycles. The molecule has 0 aliphatic rings. The molecule has 0 spiro atoms. The summed E-state index contributed by atoms with van der Waals surface area (Å²) in [5, 5.41) is 3.46. The van der Waals surface area contributed by atoms with Gasteiger partial charge in [0.05, 0.1) is 0 Å². The molecule has 0 saturated carbocycles. The second-order valence-electron chi connectivity index (χ2n) is 6.01. The number of nitrogens with one attached hydrogen (secondary N) is 1. The molecule has 1 atom stereocenters. The Kier molecular flexibility index (Phi) is 4.94. The molecule has 0 amide bonds. The van der Waals surface area contributed by atoms with Crippen molar-refractivity contribution in [2.24, 2.45) is 0 Å². The van der Waals surface area contributed by atoms with Crippen LogP contribution in [0.1, 0.15) is 30.5 Å². The minimum Gasteiger partial charge on any atom is -0.315 e. The minimum atomic E-state index is 0.132. The molecule has 0 saturated heterocycles. The van der Waals surface area contributed by atoms with Crippen molar-refractivity contribution in [3.63, 3.8) is 0 Å². The largest absolute Gasteiger partial charge is 0.315 e. The SMILES string of the molecule is CNC(Cc1ccc(C)c(C)c1)C(C)(C)N(C)C. The van der Waals surface area contributed by atoms with Gasteiger partial charge in [-0.2, -0.15) is 0 Å². The van der Waals surface area contributed by atoms with E-state index in [1.165, 1.54) is 16.7 Å². The van der Waals surface area contributed by atoms with Gasteiger partial charge in [0.25, 0.3) is 0 Å². The van der Waals surface area contributed by atoms with Crippen LogP contribution in [0.4, 0.5) is 0 Å². The Hall–Kier alpha value is -0.860. The highest BCUT2D eigenvalue weighted by molar-refractivity contribution is 5.30. The van der Waals surface area contributed by atoms with Crippen LogP contribution in [0.2, 0.25) is 0 Å². The van der Waals surface area contributed by atoms with E-state index in [9.17, 15) is 0 Å². The van der Waals surface area contributed by atoms with Gasteiger partial charge >= 0.3 is 0 Å². The van der Waals surface area contributed by atoms with Crippen molar-refractivity contribution in [1.29, 1.82) is 0 Å². The van der Waals surface area contributed by atoms with Crippen LogP contribution in [0, 0.1) is 13.8 Å². The highest BCUT2D eigenvalue weighted by atomic mass is 15.2. The fourth-order valence-electron chi connectivity index (χ4n) is 2.18. The van der Waals surface area contributed by atoms with E-state index in [1.54, 1.807) is 0 Å². The lowest BCUT2D eigenvalue weighted by Crippen LogP contribution is -2.55. The normalized spacial score (nSPS) is 14.0. The quantitative estimate of drug-likeness (QED) is 0.862. The van der Waals surface area contributed by atoms with Crippen LogP contribution in [-0.4, -0.2) is 37.6 Å². The summed E-state index contributed by atoms with van der Waals surface area (Å²) < 4.78 is 0. The summed E-state index contributed by atoms with van der Waals surface area (Å²) in [6, 6.07) is 7.22. The molecule has 0 bridgehead atoms. The number of benzene rings is 1. The van der Waals surface area contributed by atoms with Crippen molar-refractivity contribution in [2.45, 2.75) is 45.7 Å². The molecule has 1 unspecified atom stereocenters. The lowest BCUT2D eigenvalue weighted by molar-refractivity contribution is 0.141. The summed E-state index contributed by atoms with van der Waals surface area (Å²) in [4.78, 5) is 2.29. The molecule has 1 aromatic rings. The summed E-state index contributed by atoms with van der Waals surface area (Å²) >= 11 is 0. The van der Waals surface area contributed by atoms with Gasteiger partial charge in [0, 0.05) is 11.6 Å². The smallest absolute Gasteiger partial charge is 0.0303 e. The molecule has 0 aromatic heterocycles. The molecule has 1 aromatic carbocycles. The Labute approximate surface area is 112 Å². The van der Waals surface area contributed by atoms with E-state index >= 15 is 0 Å². The maximum atomic E-state index is 3.46. The molecule has 18 heavy (non-hydrogen) atoms. The number of nitrogens with zero attached hydrogens (tertiary/aromatic N) is 1. The van der Waals surface area contributed by atoms with E-state index in [1.807, 2.05) is 0 Å². The first-order chi connectivity index (χ1) is 8.28. The summed E-state index contributed by atoms with van der Waals surface area (Å²) in [6.45, 7) is 8.92. The van der Waals surface area contributed by atoms with Crippen LogP contribution in [-0.2, 0) is 6.42 Å². The summed E-state index contributed by atoms with van der Waals surface area (Å²) in [5.41, 5.74) is 4.29. The van der Waals surface area contributed by atoms with Gasteiger partial charge in [-0.05, 0) is 71.9 Å². The third-order valence-electron chi connectivity index (χ3n) is 4.36. The third kappa shape index (κ3) is 3.33. The third-order valence-corrected chi connectivity index (χ3v) is 4.36. The van der Waals surface area contributed by atoms with Crippen molar-refractivity contribution in [2.75, 3.05) is 21.1 Å². The van der Waals surface area contributed by atoms with Crippen molar-refractivity contribution in [3.8, 4) is 0 Å². The fourth-order valence-corrected chi connectivity index (χ4v) is 2.18. The number of aryl methyl sites for hydroxylation is 2. The highest BCUT2D eigenvalue weighted by Crippen LogP contribution is 2.20. The van der Waals surface area contributed by atoms with E-state index in [2.05, 4.69) is 77.3 Å². The second-order valence-corrected chi connectivity index (χ2v) is 6.01. The van der Waals surface area contributed by atoms with E-state index in [4.69, 9.17) is 0 Å². The van der Waals surface area contributed by atoms with Crippen molar-refractivity contribution >= 4 is 0 Å². The van der Waals surface area contributed by atoms with Crippen LogP contribution in [0.3, 0.4) is 0 Å². The lowest BCUT2D eigenvalue weighted by Gasteiger charge is -2.40. The lowest BCUT2D eigenvalue weighted by atomic mass is 9.87. The molecule has 102 valence electrons. The molecular formula is C16H28N2. The summed E-state index contributed by atoms with van der Waals surface area (Å²) in [7, 11) is 6.34. The van der Waals surface area contributed by atoms with Gasteiger partial charge in [-0.1, -0.05) is 18.2 Å². The van der Waals surface area contributed by atoms with Crippen molar-refractivity contribution in [3.05, 3.63) is 34.9 Å². The predicted molar refractivity (Wildman–Crippen MR) is 80.2 cm³/mol. The standard InChI is InChI=1S/C16H28N2/c1-12-8-9-14(10-13(12)2)11-15(17-5)16(3,4)18(6)7/h8-10,15,17H,11H2,1-7H3. The minimum absolute atomic E-state index is 0.132. The zero-order valence-corrected chi connectivity index (χ0v) is 13.0. The van der Waals surface area contributed by atoms with Gasteiger partial charge in [-0.3, -0.25) is 0 Å². The number of hydrogen-bond acceptors (Lipinski definition) is 2. The summed E-state index contributed by atoms with van der Waals surface area (Å²) in [5.74, 6) is 0. The van der Waals surface area contributed by atoms with Crippen LogP contribution in [0.15, 0.2) is 18.2 Å². The Balaban J connectivity index is 2.89. The van der Waals surface area contributed by atoms with Crippen LogP contribution < -0.4 is 5.32 Å². The van der Waals surface area contributed by atoms with E-state index in [0.717, 1.165) is 6.42 Å². The first kappa shape index (κ1) is 15.2. The molecule has 2 nitrogen and oxygen atoms in total. The Morgan fingerprint density at radius 2 is 1.78 bits per heavy atom. The van der Waals surface area contributed by atoms with Gasteiger partial charge in [-0.25, -0.2) is 0 Å². The van der Waals surface area contributed by atoms with Crippen molar-refractivity contribution in [1.82, 2.24) is 10.2 Å². The predicted octanol–water partition coefficient (Wildman–Crippen LogP) is 2.77. The summed E-state index contributed by atoms with van der Waals surface area (Å²) in [6.07, 6.45) is 1.06. The average Bonchev–Trinajstić information content (AvgIpc) is 2.30. The molecular weight excluding hydrogens is 220 g/mol. The Bertz CT molecular complexity index is 394. The topological polar surface area (TPSA) is 15.3 Å². The molecule has 1 N–H and O–H groups in total. The monoisotopic (exact) mass is 248 g/mol.